The number of carbonyl (C=O) groups excluding carboxylic acids is 2. The maximum atomic E-state index is 11.6. The van der Waals surface area contributed by atoms with E-state index in [-0.39, 0.29) is 31.5 Å². The monoisotopic (exact) mass is 186 g/mol. The largest absolute Gasteiger partial charge is 0.395 e. The molecule has 0 aromatic heterocycles. The van der Waals surface area contributed by atoms with Crippen molar-refractivity contribution < 1.29 is 14.7 Å². The van der Waals surface area contributed by atoms with Crippen LogP contribution in [0.25, 0.3) is 0 Å². The molecular weight excluding hydrogens is 172 g/mol. The van der Waals surface area contributed by atoms with Crippen molar-refractivity contribution >= 4 is 11.8 Å². The number of piperazine rings is 1. The van der Waals surface area contributed by atoms with Crippen LogP contribution < -0.4 is 5.32 Å². The van der Waals surface area contributed by atoms with E-state index >= 15 is 0 Å². The molecule has 2 N–H and O–H groups in total. The molecule has 1 saturated heterocycles. The van der Waals surface area contributed by atoms with Gasteiger partial charge in [0.05, 0.1) is 25.2 Å². The van der Waals surface area contributed by atoms with Gasteiger partial charge in [0.1, 0.15) is 0 Å². The summed E-state index contributed by atoms with van der Waals surface area (Å²) in [6.07, 6.45) is 0. The van der Waals surface area contributed by atoms with Gasteiger partial charge in [0.15, 0.2) is 0 Å². The van der Waals surface area contributed by atoms with Crippen LogP contribution in [0.15, 0.2) is 0 Å². The highest BCUT2D eigenvalue weighted by Crippen LogP contribution is 2.12. The van der Waals surface area contributed by atoms with Crippen molar-refractivity contribution in [2.45, 2.75) is 19.4 Å². The Balaban J connectivity index is 2.79. The third-order valence-electron chi connectivity index (χ3n) is 2.09. The fourth-order valence-electron chi connectivity index (χ4n) is 1.24. The van der Waals surface area contributed by atoms with Crippen LogP contribution in [0.1, 0.15) is 13.8 Å². The van der Waals surface area contributed by atoms with E-state index in [4.69, 9.17) is 5.11 Å². The summed E-state index contributed by atoms with van der Waals surface area (Å²) >= 11 is 0. The molecule has 2 amide bonds. The highest BCUT2D eigenvalue weighted by Gasteiger charge is 2.39. The molecule has 0 atom stereocenters. The van der Waals surface area contributed by atoms with Gasteiger partial charge in [0.25, 0.3) is 0 Å². The van der Waals surface area contributed by atoms with Crippen LogP contribution in [0.3, 0.4) is 0 Å². The van der Waals surface area contributed by atoms with Gasteiger partial charge >= 0.3 is 0 Å². The zero-order chi connectivity index (χ0) is 10.1. The number of β-amino-alcohol motifs (C(OH)–C–C–N with tert-alkyl or cyclic N) is 1. The number of aliphatic hydroxyl groups excluding tert-OH is 1. The molecule has 0 saturated carbocycles. The molecule has 1 aliphatic rings. The molecule has 5 nitrogen and oxygen atoms in total. The Kier molecular flexibility index (Phi) is 2.68. The first-order valence-corrected chi connectivity index (χ1v) is 4.20. The molecule has 0 aliphatic carbocycles. The summed E-state index contributed by atoms with van der Waals surface area (Å²) in [6.45, 7) is 3.48. The van der Waals surface area contributed by atoms with Crippen LogP contribution in [0.2, 0.25) is 0 Å². The first-order valence-electron chi connectivity index (χ1n) is 4.20. The summed E-state index contributed by atoms with van der Waals surface area (Å²) in [6, 6.07) is 0. The molecule has 5 heteroatoms. The van der Waals surface area contributed by atoms with E-state index in [1.165, 1.54) is 0 Å². The Morgan fingerprint density at radius 1 is 1.54 bits per heavy atom. The van der Waals surface area contributed by atoms with Crippen LogP contribution in [0.4, 0.5) is 0 Å². The van der Waals surface area contributed by atoms with Gasteiger partial charge in [-0.2, -0.15) is 0 Å². The fourth-order valence-corrected chi connectivity index (χ4v) is 1.24. The maximum Gasteiger partial charge on any atom is 0.249 e. The van der Waals surface area contributed by atoms with Crippen LogP contribution in [0, 0.1) is 0 Å². The molecule has 0 radical (unpaired) electrons. The average molecular weight is 186 g/mol. The first kappa shape index (κ1) is 10.1. The van der Waals surface area contributed by atoms with Crippen molar-refractivity contribution in [2.75, 3.05) is 19.7 Å². The van der Waals surface area contributed by atoms with Crippen LogP contribution in [-0.2, 0) is 9.59 Å². The second-order valence-corrected chi connectivity index (χ2v) is 3.55. The summed E-state index contributed by atoms with van der Waals surface area (Å²) in [5.74, 6) is -0.559. The van der Waals surface area contributed by atoms with E-state index in [1.807, 2.05) is 0 Å². The number of amides is 2. The molecule has 0 unspecified atom stereocenters. The standard InChI is InChI=1S/C8H14N2O3/c1-8(2)7(13)10(3-4-11)6(12)5-9-8/h9,11H,3-5H2,1-2H3. The minimum Gasteiger partial charge on any atom is -0.395 e. The normalized spacial score (nSPS) is 22.2. The molecule has 0 aromatic carbocycles. The summed E-state index contributed by atoms with van der Waals surface area (Å²) in [4.78, 5) is 23.9. The lowest BCUT2D eigenvalue weighted by molar-refractivity contribution is -0.153. The van der Waals surface area contributed by atoms with Gasteiger partial charge < -0.3 is 5.11 Å². The summed E-state index contributed by atoms with van der Waals surface area (Å²) in [5, 5.41) is 11.5. The number of hydrogen-bond donors (Lipinski definition) is 2. The quantitative estimate of drug-likeness (QED) is 0.527. The predicted molar refractivity (Wildman–Crippen MR) is 45.9 cm³/mol. The average Bonchev–Trinajstić information content (AvgIpc) is 2.07. The molecule has 1 fully saturated rings. The molecule has 0 spiro atoms. The van der Waals surface area contributed by atoms with Crippen molar-refractivity contribution in [1.82, 2.24) is 10.2 Å². The van der Waals surface area contributed by atoms with E-state index in [0.29, 0.717) is 0 Å². The van der Waals surface area contributed by atoms with Gasteiger partial charge in [-0.15, -0.1) is 0 Å². The Labute approximate surface area is 76.7 Å². The fraction of sp³-hybridized carbons (Fsp3) is 0.750. The van der Waals surface area contributed by atoms with E-state index in [0.717, 1.165) is 4.90 Å². The van der Waals surface area contributed by atoms with Crippen molar-refractivity contribution in [2.24, 2.45) is 0 Å². The van der Waals surface area contributed by atoms with E-state index in [2.05, 4.69) is 5.32 Å². The van der Waals surface area contributed by atoms with Crippen molar-refractivity contribution in [3.8, 4) is 0 Å². The third kappa shape index (κ3) is 1.87. The van der Waals surface area contributed by atoms with Crippen LogP contribution in [0.5, 0.6) is 0 Å². The molecule has 1 heterocycles. The number of nitrogens with zero attached hydrogens (tertiary/aromatic N) is 1. The van der Waals surface area contributed by atoms with Crippen molar-refractivity contribution in [1.29, 1.82) is 0 Å². The summed E-state index contributed by atoms with van der Waals surface area (Å²) in [5.41, 5.74) is -0.705. The molecule has 1 aliphatic heterocycles. The number of imide groups is 1. The highest BCUT2D eigenvalue weighted by atomic mass is 16.3. The van der Waals surface area contributed by atoms with Gasteiger partial charge in [-0.3, -0.25) is 19.8 Å². The van der Waals surface area contributed by atoms with Crippen LogP contribution >= 0.6 is 0 Å². The molecule has 0 bridgehead atoms. The molecular formula is C8H14N2O3. The lowest BCUT2D eigenvalue weighted by atomic mass is 10.0. The number of nitrogens with one attached hydrogen (secondary N) is 1. The Bertz CT molecular complexity index is 238. The molecule has 74 valence electrons. The Morgan fingerprint density at radius 3 is 2.69 bits per heavy atom. The van der Waals surface area contributed by atoms with Gasteiger partial charge in [-0.1, -0.05) is 0 Å². The zero-order valence-corrected chi connectivity index (χ0v) is 7.83. The van der Waals surface area contributed by atoms with Gasteiger partial charge in [-0.05, 0) is 13.8 Å². The number of aliphatic hydroxyl groups is 1. The van der Waals surface area contributed by atoms with E-state index in [1.54, 1.807) is 13.8 Å². The SMILES string of the molecule is CC1(C)NCC(=O)N(CCO)C1=O. The minimum atomic E-state index is -0.705. The van der Waals surface area contributed by atoms with E-state index < -0.39 is 5.54 Å². The first-order chi connectivity index (χ1) is 5.99. The van der Waals surface area contributed by atoms with Gasteiger partial charge in [-0.25, -0.2) is 0 Å². The summed E-state index contributed by atoms with van der Waals surface area (Å²) in [7, 11) is 0. The topological polar surface area (TPSA) is 69.6 Å². The predicted octanol–water partition coefficient (Wildman–Crippen LogP) is -1.28. The van der Waals surface area contributed by atoms with Crippen molar-refractivity contribution in [3.05, 3.63) is 0 Å². The lowest BCUT2D eigenvalue weighted by Gasteiger charge is -2.36. The third-order valence-corrected chi connectivity index (χ3v) is 2.09. The van der Waals surface area contributed by atoms with Crippen molar-refractivity contribution in [3.63, 3.8) is 0 Å². The highest BCUT2D eigenvalue weighted by molar-refractivity contribution is 6.02. The summed E-state index contributed by atoms with van der Waals surface area (Å²) < 4.78 is 0. The maximum absolute atomic E-state index is 11.6. The second-order valence-electron chi connectivity index (χ2n) is 3.55. The van der Waals surface area contributed by atoms with Crippen LogP contribution in [-0.4, -0.2) is 47.1 Å². The number of hydrogen-bond acceptors (Lipinski definition) is 4. The van der Waals surface area contributed by atoms with Gasteiger partial charge in [0.2, 0.25) is 11.8 Å². The number of rotatable bonds is 2. The molecule has 0 aromatic rings. The smallest absolute Gasteiger partial charge is 0.249 e. The second kappa shape index (κ2) is 3.43. The van der Waals surface area contributed by atoms with E-state index in [9.17, 15) is 9.59 Å². The Hall–Kier alpha value is -0.940. The lowest BCUT2D eigenvalue weighted by Crippen LogP contribution is -2.64. The number of carbonyl (C=O) groups is 2. The van der Waals surface area contributed by atoms with Gasteiger partial charge in [0, 0.05) is 0 Å². The molecule has 13 heavy (non-hydrogen) atoms. The minimum absolute atomic E-state index is 0.0861. The zero-order valence-electron chi connectivity index (χ0n) is 7.83. The molecule has 1 rings (SSSR count). The Morgan fingerprint density at radius 2 is 2.15 bits per heavy atom.